The molecular weight excluding hydrogens is 509 g/mol. The summed E-state index contributed by atoms with van der Waals surface area (Å²) in [4.78, 5) is 11.3. The molecule has 1 aromatic heterocycles. The molecule has 0 saturated carbocycles. The van der Waals surface area contributed by atoms with E-state index in [0.29, 0.717) is 0 Å². The van der Waals surface area contributed by atoms with E-state index < -0.39 is 33.1 Å². The first-order valence-corrected chi connectivity index (χ1v) is 11.9. The van der Waals surface area contributed by atoms with Crippen LogP contribution in [0.5, 0.6) is 23.8 Å². The Morgan fingerprint density at radius 1 is 1.03 bits per heavy atom. The van der Waals surface area contributed by atoms with Crippen molar-refractivity contribution in [2.45, 2.75) is 17.4 Å². The van der Waals surface area contributed by atoms with Crippen molar-refractivity contribution in [1.29, 1.82) is 0 Å². The molecule has 1 fully saturated rings. The van der Waals surface area contributed by atoms with Gasteiger partial charge in [-0.1, -0.05) is 37.4 Å². The highest BCUT2D eigenvalue weighted by Crippen LogP contribution is 2.32. The van der Waals surface area contributed by atoms with Gasteiger partial charge in [0.15, 0.2) is 0 Å². The Bertz CT molecular complexity index is 1130. The Labute approximate surface area is 205 Å². The van der Waals surface area contributed by atoms with E-state index >= 15 is 0 Å². The van der Waals surface area contributed by atoms with Gasteiger partial charge in [-0.3, -0.25) is 0 Å². The van der Waals surface area contributed by atoms with Crippen molar-refractivity contribution >= 4 is 10.0 Å². The second-order valence-electron chi connectivity index (χ2n) is 7.04. The number of benzene rings is 1. The van der Waals surface area contributed by atoms with Gasteiger partial charge in [-0.15, -0.1) is 28.1 Å². The summed E-state index contributed by atoms with van der Waals surface area (Å²) in [5, 5.41) is 0. The van der Waals surface area contributed by atoms with E-state index in [9.17, 15) is 21.6 Å². The van der Waals surface area contributed by atoms with Crippen LogP contribution < -0.4 is 18.9 Å². The summed E-state index contributed by atoms with van der Waals surface area (Å²) in [7, 11) is -4.34. The number of hydrogen-bond acceptors (Lipinski definition) is 10. The Balaban J connectivity index is 1.71. The van der Waals surface area contributed by atoms with Crippen LogP contribution >= 0.6 is 0 Å². The number of sulfonamides is 1. The van der Waals surface area contributed by atoms with Crippen LogP contribution in [0.3, 0.4) is 0 Å². The fourth-order valence-corrected chi connectivity index (χ4v) is 4.54. The van der Waals surface area contributed by atoms with Gasteiger partial charge in [0.25, 0.3) is 0 Å². The van der Waals surface area contributed by atoms with Crippen molar-refractivity contribution in [3.8, 4) is 23.8 Å². The molecule has 0 radical (unpaired) electrons. The van der Waals surface area contributed by atoms with Gasteiger partial charge in [0.05, 0.1) is 6.61 Å². The number of aromatic nitrogens is 3. The lowest BCUT2D eigenvalue weighted by molar-refractivity contribution is -0.275. The average Bonchev–Trinajstić information content (AvgIpc) is 2.84. The SMILES string of the molecule is C=CCOc1nc(OCC=C)nc(OCC2CN(S(=O)(=O)c3ccccc3OC(F)(F)F)CCO2)n1. The third-order valence-corrected chi connectivity index (χ3v) is 6.33. The standard InChI is InChI=1S/C21H23F3N4O7S/c1-3-10-32-18-25-19(33-11-4-2)27-20(26-18)34-14-15-13-28(9-12-31-15)36(29,30)17-8-6-5-7-16(17)35-21(22,23)24/h3-8,15H,1-2,9-14H2. The lowest BCUT2D eigenvalue weighted by atomic mass is 10.3. The number of nitrogens with zero attached hydrogens (tertiary/aromatic N) is 4. The molecule has 1 aliphatic heterocycles. The van der Waals surface area contributed by atoms with Gasteiger partial charge in [-0.25, -0.2) is 8.42 Å². The average molecular weight is 532 g/mol. The molecule has 1 atom stereocenters. The molecular formula is C21H23F3N4O7S. The molecule has 0 spiro atoms. The number of ether oxygens (including phenoxy) is 5. The second-order valence-corrected chi connectivity index (χ2v) is 8.95. The third kappa shape index (κ3) is 7.53. The van der Waals surface area contributed by atoms with Crippen molar-refractivity contribution in [2.75, 3.05) is 39.5 Å². The predicted molar refractivity (Wildman–Crippen MR) is 118 cm³/mol. The van der Waals surface area contributed by atoms with Gasteiger partial charge < -0.3 is 23.7 Å². The molecule has 3 rings (SSSR count). The summed E-state index contributed by atoms with van der Waals surface area (Å²) in [5.41, 5.74) is 0. The zero-order valence-electron chi connectivity index (χ0n) is 18.9. The smallest absolute Gasteiger partial charge is 0.460 e. The third-order valence-electron chi connectivity index (χ3n) is 4.43. The first-order valence-electron chi connectivity index (χ1n) is 10.4. The first kappa shape index (κ1) is 27.2. The van der Waals surface area contributed by atoms with E-state index in [1.165, 1.54) is 24.3 Å². The maximum atomic E-state index is 13.1. The van der Waals surface area contributed by atoms with Gasteiger partial charge in [0, 0.05) is 13.1 Å². The summed E-state index contributed by atoms with van der Waals surface area (Å²) < 4.78 is 91.1. The van der Waals surface area contributed by atoms with Crippen molar-refractivity contribution < 1.29 is 45.3 Å². The van der Waals surface area contributed by atoms with Crippen LogP contribution in [0.1, 0.15) is 0 Å². The van der Waals surface area contributed by atoms with Crippen LogP contribution in [0, 0.1) is 0 Å². The predicted octanol–water partition coefficient (Wildman–Crippen LogP) is 2.37. The van der Waals surface area contributed by atoms with Gasteiger partial charge in [0.2, 0.25) is 10.0 Å². The maximum absolute atomic E-state index is 13.1. The lowest BCUT2D eigenvalue weighted by Crippen LogP contribution is -2.47. The zero-order chi connectivity index (χ0) is 26.2. The monoisotopic (exact) mass is 532 g/mol. The molecule has 11 nitrogen and oxygen atoms in total. The molecule has 0 amide bonds. The lowest BCUT2D eigenvalue weighted by Gasteiger charge is -2.32. The second kappa shape index (κ2) is 12.0. The summed E-state index contributed by atoms with van der Waals surface area (Å²) >= 11 is 0. The minimum atomic E-state index is -5.06. The van der Waals surface area contributed by atoms with Crippen molar-refractivity contribution in [3.05, 3.63) is 49.6 Å². The Hall–Kier alpha value is -3.43. The summed E-state index contributed by atoms with van der Waals surface area (Å²) in [6.45, 7) is 6.81. The molecule has 1 unspecified atom stereocenters. The van der Waals surface area contributed by atoms with Crippen LogP contribution in [-0.4, -0.2) is 79.7 Å². The Kier molecular flexibility index (Phi) is 9.06. The molecule has 1 aromatic carbocycles. The minimum absolute atomic E-state index is 0.0197. The molecule has 1 saturated heterocycles. The Morgan fingerprint density at radius 3 is 2.19 bits per heavy atom. The molecule has 36 heavy (non-hydrogen) atoms. The molecule has 2 aromatic rings. The highest BCUT2D eigenvalue weighted by molar-refractivity contribution is 7.89. The first-order chi connectivity index (χ1) is 17.1. The van der Waals surface area contributed by atoms with E-state index in [1.54, 1.807) is 0 Å². The van der Waals surface area contributed by atoms with E-state index in [1.807, 2.05) is 0 Å². The molecule has 0 bridgehead atoms. The molecule has 15 heteroatoms. The highest BCUT2D eigenvalue weighted by Gasteiger charge is 2.37. The van der Waals surface area contributed by atoms with Crippen LogP contribution in [0.15, 0.2) is 54.5 Å². The number of para-hydroxylation sites is 1. The zero-order valence-corrected chi connectivity index (χ0v) is 19.7. The van der Waals surface area contributed by atoms with Crippen molar-refractivity contribution in [3.63, 3.8) is 0 Å². The number of rotatable bonds is 12. The number of halogens is 3. The molecule has 196 valence electrons. The topological polar surface area (TPSA) is 122 Å². The van der Waals surface area contributed by atoms with Crippen LogP contribution in [0.2, 0.25) is 0 Å². The Morgan fingerprint density at radius 2 is 1.61 bits per heavy atom. The molecule has 0 N–H and O–H groups in total. The summed E-state index contributed by atoms with van der Waals surface area (Å²) in [6.07, 6.45) is -2.87. The van der Waals surface area contributed by atoms with Gasteiger partial charge in [-0.05, 0) is 12.1 Å². The molecule has 0 aliphatic carbocycles. The van der Waals surface area contributed by atoms with Gasteiger partial charge >= 0.3 is 24.4 Å². The number of hydrogen-bond donors (Lipinski definition) is 0. The van der Waals surface area contributed by atoms with E-state index in [-0.39, 0.29) is 57.5 Å². The van der Waals surface area contributed by atoms with Crippen LogP contribution in [0.4, 0.5) is 13.2 Å². The van der Waals surface area contributed by atoms with Crippen LogP contribution in [0.25, 0.3) is 0 Å². The van der Waals surface area contributed by atoms with Crippen molar-refractivity contribution in [2.24, 2.45) is 0 Å². The quantitative estimate of drug-likeness (QED) is 0.377. The minimum Gasteiger partial charge on any atom is -0.460 e. The molecule has 1 aliphatic rings. The largest absolute Gasteiger partial charge is 0.573 e. The fourth-order valence-electron chi connectivity index (χ4n) is 2.97. The normalized spacial score (nSPS) is 16.7. The van der Waals surface area contributed by atoms with E-state index in [0.717, 1.165) is 16.4 Å². The van der Waals surface area contributed by atoms with Crippen LogP contribution in [-0.2, 0) is 14.8 Å². The summed E-state index contributed by atoms with van der Waals surface area (Å²) in [5.74, 6) is -0.825. The van der Waals surface area contributed by atoms with Crippen molar-refractivity contribution in [1.82, 2.24) is 19.3 Å². The van der Waals surface area contributed by atoms with E-state index in [2.05, 4.69) is 32.8 Å². The van der Waals surface area contributed by atoms with Gasteiger partial charge in [-0.2, -0.15) is 4.31 Å². The highest BCUT2D eigenvalue weighted by atomic mass is 32.2. The fraction of sp³-hybridized carbons (Fsp3) is 0.381. The maximum Gasteiger partial charge on any atom is 0.573 e. The number of alkyl halides is 3. The number of morpholine rings is 1. The van der Waals surface area contributed by atoms with E-state index in [4.69, 9.17) is 18.9 Å². The molecule has 2 heterocycles. The summed E-state index contributed by atoms with van der Waals surface area (Å²) in [6, 6.07) is 4.16. The van der Waals surface area contributed by atoms with Gasteiger partial charge in [0.1, 0.15) is 36.6 Å².